The Morgan fingerprint density at radius 2 is 2.12 bits per heavy atom. The van der Waals surface area contributed by atoms with Gasteiger partial charge in [0, 0.05) is 31.9 Å². The van der Waals surface area contributed by atoms with Gasteiger partial charge >= 0.3 is 6.18 Å². The topological polar surface area (TPSA) is 39.7 Å². The largest absolute Gasteiger partial charge is 0.451 e. The van der Waals surface area contributed by atoms with Crippen LogP contribution in [-0.4, -0.2) is 43.1 Å². The van der Waals surface area contributed by atoms with Gasteiger partial charge in [-0.05, 0) is 6.42 Å². The first kappa shape index (κ1) is 11.3. The highest BCUT2D eigenvalue weighted by Gasteiger charge is 2.42. The second-order valence-corrected chi connectivity index (χ2v) is 3.65. The van der Waals surface area contributed by atoms with Crippen molar-refractivity contribution in [2.45, 2.75) is 12.6 Å². The van der Waals surface area contributed by atoms with Crippen LogP contribution in [0.3, 0.4) is 0 Å². The number of nitrogens with one attached hydrogen (secondary N) is 2. The molecule has 90 valence electrons. The Kier molecular flexibility index (Phi) is 3.04. The Hall–Kier alpha value is -1.24. The van der Waals surface area contributed by atoms with Gasteiger partial charge in [-0.25, -0.2) is 0 Å². The van der Waals surface area contributed by atoms with Crippen molar-refractivity contribution in [2.75, 3.05) is 26.2 Å². The summed E-state index contributed by atoms with van der Waals surface area (Å²) in [6.45, 7) is 1.73. The first-order chi connectivity index (χ1) is 7.59. The van der Waals surface area contributed by atoms with Crippen LogP contribution in [0.5, 0.6) is 0 Å². The van der Waals surface area contributed by atoms with Crippen LogP contribution in [0.25, 0.3) is 0 Å². The fourth-order valence-electron chi connectivity index (χ4n) is 1.78. The highest BCUT2D eigenvalue weighted by molar-refractivity contribution is 5.89. The zero-order valence-electron chi connectivity index (χ0n) is 8.64. The summed E-state index contributed by atoms with van der Waals surface area (Å²) < 4.78 is 38.3. The van der Waals surface area contributed by atoms with Crippen molar-refractivity contribution in [3.63, 3.8) is 0 Å². The molecular weight excluding hydrogens is 221 g/mol. The van der Waals surface area contributed by atoms with Crippen molar-refractivity contribution in [3.05, 3.63) is 11.8 Å². The van der Waals surface area contributed by atoms with Crippen molar-refractivity contribution >= 4 is 5.84 Å². The second-order valence-electron chi connectivity index (χ2n) is 3.65. The van der Waals surface area contributed by atoms with Crippen LogP contribution in [0, 0.1) is 0 Å². The number of amidine groups is 1. The van der Waals surface area contributed by atoms with Crippen molar-refractivity contribution in [2.24, 2.45) is 5.10 Å². The number of piperazine rings is 1. The van der Waals surface area contributed by atoms with Crippen LogP contribution in [0.2, 0.25) is 0 Å². The van der Waals surface area contributed by atoms with Crippen LogP contribution in [-0.2, 0) is 0 Å². The van der Waals surface area contributed by atoms with Crippen LogP contribution in [0.4, 0.5) is 13.2 Å². The molecule has 2 aliphatic heterocycles. The van der Waals surface area contributed by atoms with Gasteiger partial charge in [-0.2, -0.15) is 18.3 Å². The van der Waals surface area contributed by atoms with Crippen LogP contribution >= 0.6 is 0 Å². The monoisotopic (exact) mass is 234 g/mol. The van der Waals surface area contributed by atoms with Crippen molar-refractivity contribution in [3.8, 4) is 0 Å². The quantitative estimate of drug-likeness (QED) is 0.646. The van der Waals surface area contributed by atoms with Crippen LogP contribution in [0.1, 0.15) is 6.42 Å². The van der Waals surface area contributed by atoms with Gasteiger partial charge in [-0.15, -0.1) is 0 Å². The summed E-state index contributed by atoms with van der Waals surface area (Å²) in [6, 6.07) is 0. The molecule has 2 heterocycles. The number of halogens is 3. The van der Waals surface area contributed by atoms with Crippen LogP contribution in [0.15, 0.2) is 16.9 Å². The minimum atomic E-state index is -4.42. The molecule has 0 aliphatic carbocycles. The smallest absolute Gasteiger partial charge is 0.322 e. The summed E-state index contributed by atoms with van der Waals surface area (Å²) in [7, 11) is 0. The van der Waals surface area contributed by atoms with E-state index >= 15 is 0 Å². The van der Waals surface area contributed by atoms with E-state index in [9.17, 15) is 13.2 Å². The van der Waals surface area contributed by atoms with Gasteiger partial charge in [0.05, 0.1) is 0 Å². The first-order valence-electron chi connectivity index (χ1n) is 5.14. The number of hydrogen-bond acceptors (Lipinski definition) is 4. The van der Waals surface area contributed by atoms with E-state index in [-0.39, 0.29) is 0 Å². The molecule has 0 atom stereocenters. The van der Waals surface area contributed by atoms with Gasteiger partial charge in [0.15, 0.2) is 0 Å². The second kappa shape index (κ2) is 4.32. The molecule has 0 bridgehead atoms. The number of hydrazone groups is 1. The predicted octanol–water partition coefficient (Wildman–Crippen LogP) is 0.645. The highest BCUT2D eigenvalue weighted by Crippen LogP contribution is 2.24. The van der Waals surface area contributed by atoms with Gasteiger partial charge in [-0.1, -0.05) is 6.08 Å². The maximum absolute atomic E-state index is 12.8. The van der Waals surface area contributed by atoms with Gasteiger partial charge in [0.25, 0.3) is 0 Å². The number of hydrogen-bond donors (Lipinski definition) is 2. The standard InChI is InChI=1S/C9H13F3N4/c10-9(11,12)8-15-14-3-1-2-7-6-13-4-5-16(7)8/h2,13-14H,1,3-6H2. The lowest BCUT2D eigenvalue weighted by Crippen LogP contribution is -2.50. The minimum absolute atomic E-state index is 0.297. The molecule has 2 rings (SSSR count). The fraction of sp³-hybridized carbons (Fsp3) is 0.667. The summed E-state index contributed by atoms with van der Waals surface area (Å²) >= 11 is 0. The molecule has 0 radical (unpaired) electrons. The highest BCUT2D eigenvalue weighted by atomic mass is 19.4. The molecule has 7 heteroatoms. The third kappa shape index (κ3) is 2.29. The average Bonchev–Trinajstić information content (AvgIpc) is 2.17. The van der Waals surface area contributed by atoms with Gasteiger partial charge < -0.3 is 15.6 Å². The first-order valence-corrected chi connectivity index (χ1v) is 5.14. The molecule has 4 nitrogen and oxygen atoms in total. The molecule has 0 spiro atoms. The summed E-state index contributed by atoms with van der Waals surface area (Å²) in [6.07, 6.45) is -1.91. The Balaban J connectivity index is 2.29. The van der Waals surface area contributed by atoms with Crippen molar-refractivity contribution in [1.29, 1.82) is 0 Å². The Morgan fingerprint density at radius 1 is 1.31 bits per heavy atom. The molecule has 0 unspecified atom stereocenters. The van der Waals surface area contributed by atoms with E-state index in [1.54, 1.807) is 0 Å². The third-order valence-corrected chi connectivity index (χ3v) is 2.50. The van der Waals surface area contributed by atoms with E-state index in [0.717, 1.165) is 0 Å². The van der Waals surface area contributed by atoms with E-state index in [0.29, 0.717) is 38.3 Å². The maximum atomic E-state index is 12.8. The molecule has 0 aromatic heterocycles. The minimum Gasteiger partial charge on any atom is -0.322 e. The van der Waals surface area contributed by atoms with E-state index in [2.05, 4.69) is 15.8 Å². The number of rotatable bonds is 0. The maximum Gasteiger partial charge on any atom is 0.451 e. The predicted molar refractivity (Wildman–Crippen MR) is 53.8 cm³/mol. The number of alkyl halides is 3. The normalized spacial score (nSPS) is 22.3. The van der Waals surface area contributed by atoms with Gasteiger partial charge in [-0.3, -0.25) is 0 Å². The Morgan fingerprint density at radius 3 is 2.88 bits per heavy atom. The lowest BCUT2D eigenvalue weighted by molar-refractivity contribution is -0.0684. The zero-order valence-corrected chi connectivity index (χ0v) is 8.64. The molecular formula is C9H13F3N4. The average molecular weight is 234 g/mol. The van der Waals surface area contributed by atoms with E-state index in [1.165, 1.54) is 4.90 Å². The Labute approximate surface area is 91.2 Å². The molecule has 2 N–H and O–H groups in total. The summed E-state index contributed by atoms with van der Waals surface area (Å²) in [5.74, 6) is -0.847. The molecule has 0 aromatic rings. The third-order valence-electron chi connectivity index (χ3n) is 2.50. The van der Waals surface area contributed by atoms with Gasteiger partial charge in [0.2, 0.25) is 5.84 Å². The molecule has 2 aliphatic rings. The molecule has 1 saturated heterocycles. The Bertz CT molecular complexity index is 321. The zero-order chi connectivity index (χ0) is 11.6. The lowest BCUT2D eigenvalue weighted by atomic mass is 10.2. The fourth-order valence-corrected chi connectivity index (χ4v) is 1.78. The van der Waals surface area contributed by atoms with Crippen molar-refractivity contribution < 1.29 is 13.2 Å². The molecule has 1 fully saturated rings. The molecule has 0 saturated carbocycles. The van der Waals surface area contributed by atoms with Crippen LogP contribution < -0.4 is 10.7 Å². The molecule has 0 aromatic carbocycles. The van der Waals surface area contributed by atoms with Gasteiger partial charge in [0.1, 0.15) is 0 Å². The summed E-state index contributed by atoms with van der Waals surface area (Å²) in [5, 5.41) is 6.49. The summed E-state index contributed by atoms with van der Waals surface area (Å²) in [4.78, 5) is 1.24. The van der Waals surface area contributed by atoms with Crippen molar-refractivity contribution in [1.82, 2.24) is 15.6 Å². The lowest BCUT2D eigenvalue weighted by Gasteiger charge is -2.34. The van der Waals surface area contributed by atoms with E-state index in [4.69, 9.17) is 0 Å². The number of fused-ring (bicyclic) bond motifs is 1. The SMILES string of the molecule is FC(F)(F)C1=NNCCC=C2CNCCN21. The van der Waals surface area contributed by atoms with E-state index in [1.807, 2.05) is 6.08 Å². The summed E-state index contributed by atoms with van der Waals surface area (Å²) in [5.41, 5.74) is 3.09. The molecule has 0 amide bonds. The number of nitrogens with zero attached hydrogens (tertiary/aromatic N) is 2. The molecule has 16 heavy (non-hydrogen) atoms. The van der Waals surface area contributed by atoms with E-state index < -0.39 is 12.0 Å².